The molecule has 1 aliphatic heterocycles. The van der Waals surface area contributed by atoms with E-state index >= 15 is 0 Å². The van der Waals surface area contributed by atoms with Gasteiger partial charge in [-0.1, -0.05) is 12.2 Å². The quantitative estimate of drug-likeness (QED) is 0.846. The summed E-state index contributed by atoms with van der Waals surface area (Å²) in [5.74, 6) is 0.376. The summed E-state index contributed by atoms with van der Waals surface area (Å²) in [5, 5.41) is 4.58. The minimum absolute atomic E-state index is 0.376. The molecule has 0 aliphatic carbocycles. The zero-order valence-electron chi connectivity index (χ0n) is 11.2. The van der Waals surface area contributed by atoms with Gasteiger partial charge in [-0.3, -0.25) is 9.58 Å². The topological polar surface area (TPSA) is 47.1 Å². The lowest BCUT2D eigenvalue weighted by Gasteiger charge is -2.31. The van der Waals surface area contributed by atoms with Crippen molar-refractivity contribution in [2.24, 2.45) is 11.7 Å². The SMILES string of the molecule is CC(C)n1ccc(CN2CCCC(C(N)=S)C2)n1. The Bertz CT molecular complexity index is 413. The predicted octanol–water partition coefficient (Wildman–Crippen LogP) is 1.96. The van der Waals surface area contributed by atoms with E-state index in [4.69, 9.17) is 18.0 Å². The lowest BCUT2D eigenvalue weighted by molar-refractivity contribution is 0.194. The molecule has 1 aromatic heterocycles. The number of rotatable bonds is 4. The van der Waals surface area contributed by atoms with E-state index in [-0.39, 0.29) is 0 Å². The fraction of sp³-hybridized carbons (Fsp3) is 0.692. The second-order valence-corrected chi connectivity index (χ2v) is 5.83. The van der Waals surface area contributed by atoms with Crippen LogP contribution in [0.5, 0.6) is 0 Å². The summed E-state index contributed by atoms with van der Waals surface area (Å²) in [6.07, 6.45) is 4.36. The van der Waals surface area contributed by atoms with Crippen molar-refractivity contribution < 1.29 is 0 Å². The maximum Gasteiger partial charge on any atom is 0.0771 e. The standard InChI is InChI=1S/C13H22N4S/c1-10(2)17-7-5-12(15-17)9-16-6-3-4-11(8-16)13(14)18/h5,7,10-11H,3-4,6,8-9H2,1-2H3,(H2,14,18). The van der Waals surface area contributed by atoms with E-state index in [0.29, 0.717) is 16.9 Å². The van der Waals surface area contributed by atoms with Crippen LogP contribution >= 0.6 is 12.2 Å². The van der Waals surface area contributed by atoms with Crippen molar-refractivity contribution in [3.63, 3.8) is 0 Å². The Hall–Kier alpha value is -0.940. The molecular weight excluding hydrogens is 244 g/mol. The van der Waals surface area contributed by atoms with Gasteiger partial charge in [0.05, 0.1) is 10.7 Å². The fourth-order valence-corrected chi connectivity index (χ4v) is 2.60. The number of nitrogens with two attached hydrogens (primary N) is 1. The maximum atomic E-state index is 5.75. The molecule has 0 bridgehead atoms. The summed E-state index contributed by atoms with van der Waals surface area (Å²) in [5.41, 5.74) is 6.88. The van der Waals surface area contributed by atoms with Gasteiger partial charge in [-0.15, -0.1) is 0 Å². The van der Waals surface area contributed by atoms with Crippen molar-refractivity contribution in [2.75, 3.05) is 13.1 Å². The number of likely N-dealkylation sites (tertiary alicyclic amines) is 1. The van der Waals surface area contributed by atoms with E-state index in [2.05, 4.69) is 36.1 Å². The second-order valence-electron chi connectivity index (χ2n) is 5.36. The van der Waals surface area contributed by atoms with Gasteiger partial charge in [0.2, 0.25) is 0 Å². The highest BCUT2D eigenvalue weighted by atomic mass is 32.1. The molecule has 0 radical (unpaired) electrons. The van der Waals surface area contributed by atoms with Gasteiger partial charge in [0, 0.05) is 31.2 Å². The summed E-state index contributed by atoms with van der Waals surface area (Å²) in [7, 11) is 0. The smallest absolute Gasteiger partial charge is 0.0771 e. The average molecular weight is 266 g/mol. The first-order chi connectivity index (χ1) is 8.56. The molecule has 5 heteroatoms. The number of hydrogen-bond acceptors (Lipinski definition) is 3. The highest BCUT2D eigenvalue weighted by Crippen LogP contribution is 2.18. The normalized spacial score (nSPS) is 21.4. The monoisotopic (exact) mass is 266 g/mol. The molecule has 1 atom stereocenters. The Morgan fingerprint density at radius 1 is 1.61 bits per heavy atom. The molecule has 1 aromatic rings. The van der Waals surface area contributed by atoms with Gasteiger partial charge in [-0.2, -0.15) is 5.10 Å². The van der Waals surface area contributed by atoms with Gasteiger partial charge < -0.3 is 5.73 Å². The first-order valence-corrected chi connectivity index (χ1v) is 7.03. The minimum atomic E-state index is 0.376. The van der Waals surface area contributed by atoms with Crippen LogP contribution in [0.4, 0.5) is 0 Å². The molecule has 0 aromatic carbocycles. The molecule has 4 nitrogen and oxygen atoms in total. The Balaban J connectivity index is 1.94. The van der Waals surface area contributed by atoms with Gasteiger partial charge in [-0.05, 0) is 39.3 Å². The summed E-state index contributed by atoms with van der Waals surface area (Å²) in [4.78, 5) is 3.06. The number of hydrogen-bond donors (Lipinski definition) is 1. The zero-order chi connectivity index (χ0) is 13.1. The van der Waals surface area contributed by atoms with Gasteiger partial charge in [0.15, 0.2) is 0 Å². The lowest BCUT2D eigenvalue weighted by atomic mass is 9.98. The van der Waals surface area contributed by atoms with E-state index in [1.807, 2.05) is 4.68 Å². The third kappa shape index (κ3) is 3.29. The maximum absolute atomic E-state index is 5.75. The van der Waals surface area contributed by atoms with Crippen molar-refractivity contribution in [2.45, 2.75) is 39.3 Å². The summed E-state index contributed by atoms with van der Waals surface area (Å²) >= 11 is 5.10. The largest absolute Gasteiger partial charge is 0.393 e. The molecular formula is C13H22N4S. The Labute approximate surface area is 114 Å². The molecule has 0 saturated carbocycles. The molecule has 1 fully saturated rings. The van der Waals surface area contributed by atoms with Crippen molar-refractivity contribution in [3.05, 3.63) is 18.0 Å². The molecule has 0 spiro atoms. The predicted molar refractivity (Wildman–Crippen MR) is 77.4 cm³/mol. The summed E-state index contributed by atoms with van der Waals surface area (Å²) in [6.45, 7) is 7.28. The highest BCUT2D eigenvalue weighted by Gasteiger charge is 2.22. The van der Waals surface area contributed by atoms with Crippen LogP contribution in [0.2, 0.25) is 0 Å². The number of nitrogens with zero attached hydrogens (tertiary/aromatic N) is 3. The van der Waals surface area contributed by atoms with Crippen LogP contribution in [0.25, 0.3) is 0 Å². The number of piperidine rings is 1. The summed E-state index contributed by atoms with van der Waals surface area (Å²) in [6, 6.07) is 2.52. The lowest BCUT2D eigenvalue weighted by Crippen LogP contribution is -2.40. The van der Waals surface area contributed by atoms with Gasteiger partial charge in [0.1, 0.15) is 0 Å². The molecule has 2 rings (SSSR count). The Kier molecular flexibility index (Phi) is 4.35. The van der Waals surface area contributed by atoms with E-state index in [0.717, 1.165) is 31.7 Å². The second kappa shape index (κ2) is 5.80. The van der Waals surface area contributed by atoms with Crippen molar-refractivity contribution >= 4 is 17.2 Å². The highest BCUT2D eigenvalue weighted by molar-refractivity contribution is 7.80. The van der Waals surface area contributed by atoms with Crippen LogP contribution in [-0.4, -0.2) is 32.8 Å². The summed E-state index contributed by atoms with van der Waals surface area (Å²) < 4.78 is 2.00. The first kappa shape index (κ1) is 13.5. The average Bonchev–Trinajstić information content (AvgIpc) is 2.78. The van der Waals surface area contributed by atoms with Crippen molar-refractivity contribution in [1.29, 1.82) is 0 Å². The fourth-order valence-electron chi connectivity index (χ4n) is 2.41. The third-order valence-electron chi connectivity index (χ3n) is 3.49. The third-order valence-corrected chi connectivity index (χ3v) is 3.82. The van der Waals surface area contributed by atoms with E-state index < -0.39 is 0 Å². The molecule has 1 unspecified atom stereocenters. The van der Waals surface area contributed by atoms with Gasteiger partial charge in [-0.25, -0.2) is 0 Å². The molecule has 100 valence electrons. The zero-order valence-corrected chi connectivity index (χ0v) is 12.0. The van der Waals surface area contributed by atoms with Gasteiger partial charge >= 0.3 is 0 Å². The van der Waals surface area contributed by atoms with Crippen molar-refractivity contribution in [3.8, 4) is 0 Å². The van der Waals surface area contributed by atoms with E-state index in [1.165, 1.54) is 6.42 Å². The van der Waals surface area contributed by atoms with E-state index in [9.17, 15) is 0 Å². The van der Waals surface area contributed by atoms with Crippen LogP contribution in [-0.2, 0) is 6.54 Å². The van der Waals surface area contributed by atoms with Crippen LogP contribution in [0.1, 0.15) is 38.4 Å². The van der Waals surface area contributed by atoms with Crippen LogP contribution in [0, 0.1) is 5.92 Å². The molecule has 1 saturated heterocycles. The number of thiocarbonyl (C=S) groups is 1. The van der Waals surface area contributed by atoms with E-state index in [1.54, 1.807) is 0 Å². The van der Waals surface area contributed by atoms with Crippen LogP contribution in [0.15, 0.2) is 12.3 Å². The molecule has 1 aliphatic rings. The van der Waals surface area contributed by atoms with Crippen LogP contribution in [0.3, 0.4) is 0 Å². The van der Waals surface area contributed by atoms with Crippen LogP contribution < -0.4 is 5.73 Å². The first-order valence-electron chi connectivity index (χ1n) is 6.62. The molecule has 0 amide bonds. The Morgan fingerprint density at radius 3 is 3.00 bits per heavy atom. The van der Waals surface area contributed by atoms with Crippen molar-refractivity contribution in [1.82, 2.24) is 14.7 Å². The molecule has 2 heterocycles. The molecule has 2 N–H and O–H groups in total. The minimum Gasteiger partial charge on any atom is -0.393 e. The molecule has 18 heavy (non-hydrogen) atoms. The Morgan fingerprint density at radius 2 is 2.39 bits per heavy atom. The number of aromatic nitrogens is 2. The van der Waals surface area contributed by atoms with Gasteiger partial charge in [0.25, 0.3) is 0 Å².